The molecule has 0 aliphatic heterocycles. The number of thiophene rings is 1. The largest absolute Gasteiger partial charge is 0.331 e. The van der Waals surface area contributed by atoms with Crippen LogP contribution in [0.2, 0.25) is 0 Å². The molecular weight excluding hydrogens is 274 g/mol. The van der Waals surface area contributed by atoms with Gasteiger partial charge >= 0.3 is 0 Å². The zero-order chi connectivity index (χ0) is 13.8. The van der Waals surface area contributed by atoms with E-state index in [2.05, 4.69) is 55.6 Å². The average molecular weight is 291 g/mol. The van der Waals surface area contributed by atoms with Crippen LogP contribution in [0.4, 0.5) is 5.69 Å². The van der Waals surface area contributed by atoms with Crippen molar-refractivity contribution in [2.24, 2.45) is 5.92 Å². The molecular formula is C15H17NOS2. The van der Waals surface area contributed by atoms with Gasteiger partial charge < -0.3 is 4.72 Å². The van der Waals surface area contributed by atoms with Crippen molar-refractivity contribution in [3.8, 4) is 10.4 Å². The molecule has 0 saturated heterocycles. The van der Waals surface area contributed by atoms with Crippen LogP contribution in [-0.2, 0) is 6.42 Å². The summed E-state index contributed by atoms with van der Waals surface area (Å²) in [6.07, 6.45) is 1.95. The Morgan fingerprint density at radius 3 is 2.47 bits per heavy atom. The molecule has 0 amide bonds. The van der Waals surface area contributed by atoms with Crippen molar-refractivity contribution in [1.29, 1.82) is 0 Å². The van der Waals surface area contributed by atoms with Gasteiger partial charge in [-0.05, 0) is 29.5 Å². The van der Waals surface area contributed by atoms with Crippen LogP contribution in [-0.4, -0.2) is 6.29 Å². The van der Waals surface area contributed by atoms with Crippen LogP contribution >= 0.6 is 24.2 Å². The lowest BCUT2D eigenvalue weighted by molar-refractivity contribution is 0.112. The van der Waals surface area contributed by atoms with E-state index in [1.807, 2.05) is 6.07 Å². The highest BCUT2D eigenvalue weighted by atomic mass is 32.1. The Bertz CT molecular complexity index is 558. The molecule has 4 heteroatoms. The van der Waals surface area contributed by atoms with Crippen molar-refractivity contribution in [3.63, 3.8) is 0 Å². The molecule has 1 aromatic carbocycles. The smallest absolute Gasteiger partial charge is 0.162 e. The first-order chi connectivity index (χ1) is 9.13. The van der Waals surface area contributed by atoms with E-state index in [9.17, 15) is 4.79 Å². The first kappa shape index (κ1) is 14.2. The van der Waals surface area contributed by atoms with Crippen LogP contribution in [0, 0.1) is 5.92 Å². The molecule has 2 rings (SSSR count). The number of hydrogen-bond acceptors (Lipinski definition) is 4. The molecule has 0 aliphatic carbocycles. The molecule has 0 bridgehead atoms. The summed E-state index contributed by atoms with van der Waals surface area (Å²) in [5.74, 6) is 0.661. The highest BCUT2D eigenvalue weighted by Gasteiger charge is 2.09. The third kappa shape index (κ3) is 3.39. The molecule has 0 radical (unpaired) electrons. The quantitative estimate of drug-likeness (QED) is 0.618. The lowest BCUT2D eigenvalue weighted by Gasteiger charge is -2.05. The number of benzene rings is 1. The standard InChI is InChI=1S/C15H17NOS2/c1-10(2)7-11-3-5-12(6-4-11)14-8-13(16-18)15(9-17)19-14/h3-6,8-10,16,18H,7H2,1-2H3. The zero-order valence-electron chi connectivity index (χ0n) is 11.0. The second-order valence-corrected chi connectivity index (χ2v) is 6.22. The Balaban J connectivity index is 2.26. The van der Waals surface area contributed by atoms with Crippen molar-refractivity contribution in [2.75, 3.05) is 4.72 Å². The maximum Gasteiger partial charge on any atom is 0.162 e. The summed E-state index contributed by atoms with van der Waals surface area (Å²) in [5.41, 5.74) is 3.25. The Morgan fingerprint density at radius 1 is 1.32 bits per heavy atom. The van der Waals surface area contributed by atoms with Crippen molar-refractivity contribution in [2.45, 2.75) is 20.3 Å². The minimum atomic E-state index is 0.661. The second kappa shape index (κ2) is 6.26. The van der Waals surface area contributed by atoms with Gasteiger partial charge in [-0.1, -0.05) is 50.9 Å². The molecule has 0 fully saturated rings. The molecule has 2 aromatic rings. The summed E-state index contributed by atoms with van der Waals surface area (Å²) in [7, 11) is 0. The van der Waals surface area contributed by atoms with Crippen molar-refractivity contribution >= 4 is 36.1 Å². The summed E-state index contributed by atoms with van der Waals surface area (Å²) in [4.78, 5) is 12.7. The molecule has 100 valence electrons. The van der Waals surface area contributed by atoms with Gasteiger partial charge in [0.05, 0.1) is 10.6 Å². The van der Waals surface area contributed by atoms with Gasteiger partial charge in [-0.25, -0.2) is 0 Å². The van der Waals surface area contributed by atoms with E-state index in [1.54, 1.807) is 0 Å². The predicted molar refractivity (Wildman–Crippen MR) is 86.3 cm³/mol. The Morgan fingerprint density at radius 2 is 2.00 bits per heavy atom. The van der Waals surface area contributed by atoms with Crippen LogP contribution in [0.5, 0.6) is 0 Å². The summed E-state index contributed by atoms with van der Waals surface area (Å²) in [6, 6.07) is 10.5. The molecule has 19 heavy (non-hydrogen) atoms. The normalized spacial score (nSPS) is 10.7. The van der Waals surface area contributed by atoms with E-state index in [0.717, 1.165) is 28.8 Å². The van der Waals surface area contributed by atoms with E-state index >= 15 is 0 Å². The highest BCUT2D eigenvalue weighted by molar-refractivity contribution is 7.81. The van der Waals surface area contributed by atoms with Gasteiger partial charge in [-0.2, -0.15) is 0 Å². The molecule has 0 saturated carbocycles. The number of anilines is 1. The fourth-order valence-corrected chi connectivity index (χ4v) is 3.20. The molecule has 1 heterocycles. The number of carbonyl (C=O) groups is 1. The highest BCUT2D eigenvalue weighted by Crippen LogP contribution is 2.34. The van der Waals surface area contributed by atoms with E-state index < -0.39 is 0 Å². The van der Waals surface area contributed by atoms with E-state index in [4.69, 9.17) is 0 Å². The Labute approximate surface area is 123 Å². The van der Waals surface area contributed by atoms with Crippen LogP contribution in [0.1, 0.15) is 29.1 Å². The minimum absolute atomic E-state index is 0.661. The van der Waals surface area contributed by atoms with Crippen molar-refractivity contribution in [1.82, 2.24) is 0 Å². The molecule has 0 spiro atoms. The first-order valence-corrected chi connectivity index (χ1v) is 7.49. The zero-order valence-corrected chi connectivity index (χ0v) is 12.7. The van der Waals surface area contributed by atoms with E-state index in [0.29, 0.717) is 10.8 Å². The van der Waals surface area contributed by atoms with Crippen LogP contribution in [0.25, 0.3) is 10.4 Å². The molecule has 0 unspecified atom stereocenters. The minimum Gasteiger partial charge on any atom is -0.331 e. The maximum atomic E-state index is 10.9. The number of carbonyl (C=O) groups excluding carboxylic acids is 1. The monoisotopic (exact) mass is 291 g/mol. The Kier molecular flexibility index (Phi) is 4.66. The summed E-state index contributed by atoms with van der Waals surface area (Å²) >= 11 is 5.49. The summed E-state index contributed by atoms with van der Waals surface area (Å²) < 4.78 is 2.75. The van der Waals surface area contributed by atoms with Crippen molar-refractivity contribution in [3.05, 3.63) is 40.8 Å². The summed E-state index contributed by atoms with van der Waals surface area (Å²) in [6.45, 7) is 4.43. The number of aldehydes is 1. The molecule has 0 aliphatic rings. The number of nitrogens with one attached hydrogen (secondary N) is 1. The fourth-order valence-electron chi connectivity index (χ4n) is 2.00. The van der Waals surface area contributed by atoms with Crippen LogP contribution < -0.4 is 4.72 Å². The topological polar surface area (TPSA) is 29.1 Å². The van der Waals surface area contributed by atoms with Gasteiger partial charge in [-0.15, -0.1) is 11.3 Å². The Hall–Kier alpha value is -1.26. The van der Waals surface area contributed by atoms with Gasteiger partial charge in [0.1, 0.15) is 0 Å². The first-order valence-electron chi connectivity index (χ1n) is 6.22. The predicted octanol–water partition coefficient (Wildman–Crippen LogP) is 4.68. The van der Waals surface area contributed by atoms with Gasteiger partial charge in [0.15, 0.2) is 6.29 Å². The average Bonchev–Trinajstić information content (AvgIpc) is 2.82. The van der Waals surface area contributed by atoms with Crippen molar-refractivity contribution < 1.29 is 4.79 Å². The van der Waals surface area contributed by atoms with E-state index in [1.165, 1.54) is 16.9 Å². The lowest BCUT2D eigenvalue weighted by Crippen LogP contribution is -1.93. The maximum absolute atomic E-state index is 10.9. The van der Waals surface area contributed by atoms with Gasteiger partial charge in [-0.3, -0.25) is 4.79 Å². The van der Waals surface area contributed by atoms with Gasteiger partial charge in [0.25, 0.3) is 0 Å². The van der Waals surface area contributed by atoms with Crippen LogP contribution in [0.3, 0.4) is 0 Å². The fraction of sp³-hybridized carbons (Fsp3) is 0.267. The molecule has 1 N–H and O–H groups in total. The van der Waals surface area contributed by atoms with E-state index in [-0.39, 0.29) is 0 Å². The second-order valence-electron chi connectivity index (χ2n) is 4.91. The van der Waals surface area contributed by atoms with Gasteiger partial charge in [0.2, 0.25) is 0 Å². The van der Waals surface area contributed by atoms with Gasteiger partial charge in [0, 0.05) is 4.88 Å². The molecule has 2 nitrogen and oxygen atoms in total. The summed E-state index contributed by atoms with van der Waals surface area (Å²) in [5, 5.41) is 0. The number of rotatable bonds is 5. The lowest BCUT2D eigenvalue weighted by atomic mass is 10.0. The molecule has 0 atom stereocenters. The third-order valence-electron chi connectivity index (χ3n) is 2.87. The third-order valence-corrected chi connectivity index (χ3v) is 4.22. The molecule has 1 aromatic heterocycles. The number of hydrogen-bond donors (Lipinski definition) is 2. The SMILES string of the molecule is CC(C)Cc1ccc(-c2cc(NS)c(C=O)s2)cc1. The van der Waals surface area contributed by atoms with Crippen LogP contribution in [0.15, 0.2) is 30.3 Å². The number of thiol groups is 1.